The lowest BCUT2D eigenvalue weighted by atomic mass is 10.1. The molecule has 1 atom stereocenters. The molecule has 2 aromatic carbocycles. The molecule has 7 nitrogen and oxygen atoms in total. The molecule has 0 spiro atoms. The third-order valence-electron chi connectivity index (χ3n) is 6.61. The van der Waals surface area contributed by atoms with E-state index in [4.69, 9.17) is 11.6 Å². The van der Waals surface area contributed by atoms with Crippen LogP contribution in [0.25, 0.3) is 0 Å². The molecule has 0 saturated heterocycles. The van der Waals surface area contributed by atoms with Crippen LogP contribution >= 0.6 is 11.6 Å². The quantitative estimate of drug-likeness (QED) is 0.454. The minimum Gasteiger partial charge on any atom is -0.352 e. The van der Waals surface area contributed by atoms with Gasteiger partial charge in [-0.2, -0.15) is 0 Å². The minimum absolute atomic E-state index is 0.118. The van der Waals surface area contributed by atoms with Crippen molar-refractivity contribution >= 4 is 39.1 Å². The first-order valence-corrected chi connectivity index (χ1v) is 14.7. The van der Waals surface area contributed by atoms with Gasteiger partial charge in [0, 0.05) is 30.6 Å². The molecule has 0 aromatic heterocycles. The van der Waals surface area contributed by atoms with Crippen LogP contribution in [0.4, 0.5) is 5.69 Å². The van der Waals surface area contributed by atoms with Crippen molar-refractivity contribution < 1.29 is 18.0 Å². The molecule has 1 saturated carbocycles. The van der Waals surface area contributed by atoms with E-state index in [1.54, 1.807) is 36.1 Å². The van der Waals surface area contributed by atoms with Crippen LogP contribution in [-0.4, -0.2) is 50.0 Å². The van der Waals surface area contributed by atoms with Gasteiger partial charge in [-0.1, -0.05) is 54.3 Å². The molecule has 9 heteroatoms. The lowest BCUT2D eigenvalue weighted by molar-refractivity contribution is -0.141. The van der Waals surface area contributed by atoms with Gasteiger partial charge in [-0.25, -0.2) is 8.42 Å². The summed E-state index contributed by atoms with van der Waals surface area (Å²) in [5.74, 6) is -0.363. The molecule has 1 fully saturated rings. The van der Waals surface area contributed by atoms with Gasteiger partial charge in [0.2, 0.25) is 21.8 Å². The van der Waals surface area contributed by atoms with E-state index in [0.717, 1.165) is 43.1 Å². The van der Waals surface area contributed by atoms with E-state index in [2.05, 4.69) is 5.32 Å². The van der Waals surface area contributed by atoms with Crippen LogP contribution < -0.4 is 9.62 Å². The highest BCUT2D eigenvalue weighted by Gasteiger charge is 2.28. The minimum atomic E-state index is -3.51. The summed E-state index contributed by atoms with van der Waals surface area (Å²) in [5.41, 5.74) is 2.47. The summed E-state index contributed by atoms with van der Waals surface area (Å²) < 4.78 is 26.2. The highest BCUT2D eigenvalue weighted by Crippen LogP contribution is 2.21. The maximum absolute atomic E-state index is 13.4. The maximum Gasteiger partial charge on any atom is 0.242 e. The summed E-state index contributed by atoms with van der Waals surface area (Å²) in [5, 5.41) is 3.69. The zero-order valence-corrected chi connectivity index (χ0v) is 22.8. The molecule has 1 unspecified atom stereocenters. The number of sulfonamides is 1. The Bertz CT molecular complexity index is 1130. The second kappa shape index (κ2) is 12.6. The molecule has 0 heterocycles. The molecule has 2 aromatic rings. The normalized spacial score (nSPS) is 14.9. The van der Waals surface area contributed by atoms with Crippen LogP contribution in [0.5, 0.6) is 0 Å². The van der Waals surface area contributed by atoms with Crippen LogP contribution in [0.15, 0.2) is 48.5 Å². The number of carbonyl (C=O) groups excluding carboxylic acids is 2. The maximum atomic E-state index is 13.4. The zero-order chi connectivity index (χ0) is 26.3. The largest absolute Gasteiger partial charge is 0.352 e. The Morgan fingerprint density at radius 2 is 1.67 bits per heavy atom. The van der Waals surface area contributed by atoms with Gasteiger partial charge in [0.05, 0.1) is 11.9 Å². The lowest BCUT2D eigenvalue weighted by Crippen LogP contribution is -2.49. The van der Waals surface area contributed by atoms with Gasteiger partial charge in [0.1, 0.15) is 6.04 Å². The van der Waals surface area contributed by atoms with Gasteiger partial charge in [0.15, 0.2) is 0 Å². The van der Waals surface area contributed by atoms with Crippen molar-refractivity contribution in [3.8, 4) is 0 Å². The summed E-state index contributed by atoms with van der Waals surface area (Å²) in [7, 11) is -3.51. The zero-order valence-electron chi connectivity index (χ0n) is 21.2. The van der Waals surface area contributed by atoms with Gasteiger partial charge < -0.3 is 10.2 Å². The molecule has 0 radical (unpaired) electrons. The summed E-state index contributed by atoms with van der Waals surface area (Å²) >= 11 is 6.01. The fourth-order valence-corrected chi connectivity index (χ4v) is 5.57. The summed E-state index contributed by atoms with van der Waals surface area (Å²) in [6.45, 7) is 4.12. The summed E-state index contributed by atoms with van der Waals surface area (Å²) in [6, 6.07) is 13.9. The van der Waals surface area contributed by atoms with Crippen LogP contribution in [0.3, 0.4) is 0 Å². The molecular formula is C27H36ClN3O4S. The average molecular weight is 534 g/mol. The SMILES string of the molecule is Cc1ccc(N(CCCC(=O)N(Cc2ccc(Cl)cc2)C(C)C(=O)NC2CCCC2)S(C)(=O)=O)cc1. The Kier molecular flexibility index (Phi) is 9.79. The number of carbonyl (C=O) groups is 2. The summed E-state index contributed by atoms with van der Waals surface area (Å²) in [6.07, 6.45) is 5.74. The number of hydrogen-bond acceptors (Lipinski definition) is 4. The number of anilines is 1. The van der Waals surface area contributed by atoms with E-state index in [1.165, 1.54) is 4.31 Å². The van der Waals surface area contributed by atoms with E-state index in [-0.39, 0.29) is 37.4 Å². The Balaban J connectivity index is 1.70. The van der Waals surface area contributed by atoms with Crippen molar-refractivity contribution in [3.63, 3.8) is 0 Å². The number of halogens is 1. The van der Waals surface area contributed by atoms with Gasteiger partial charge >= 0.3 is 0 Å². The first-order chi connectivity index (χ1) is 17.0. The summed E-state index contributed by atoms with van der Waals surface area (Å²) in [4.78, 5) is 27.9. The lowest BCUT2D eigenvalue weighted by Gasteiger charge is -2.30. The second-order valence-electron chi connectivity index (χ2n) is 9.59. The van der Waals surface area contributed by atoms with E-state index in [9.17, 15) is 18.0 Å². The first-order valence-electron chi connectivity index (χ1n) is 12.4. The second-order valence-corrected chi connectivity index (χ2v) is 11.9. The first kappa shape index (κ1) is 28.0. The number of nitrogens with one attached hydrogen (secondary N) is 1. The predicted molar refractivity (Wildman–Crippen MR) is 144 cm³/mol. The number of hydrogen-bond donors (Lipinski definition) is 1. The average Bonchev–Trinajstić information content (AvgIpc) is 3.34. The highest BCUT2D eigenvalue weighted by atomic mass is 35.5. The van der Waals surface area contributed by atoms with E-state index >= 15 is 0 Å². The van der Waals surface area contributed by atoms with Gasteiger partial charge in [-0.3, -0.25) is 13.9 Å². The number of nitrogens with zero attached hydrogens (tertiary/aromatic N) is 2. The van der Waals surface area contributed by atoms with Crippen molar-refractivity contribution in [2.75, 3.05) is 17.1 Å². The van der Waals surface area contributed by atoms with Gasteiger partial charge in [-0.05, 0) is 62.9 Å². The molecule has 196 valence electrons. The molecule has 3 rings (SSSR count). The molecule has 0 bridgehead atoms. The number of aryl methyl sites for hydroxylation is 1. The molecule has 36 heavy (non-hydrogen) atoms. The Morgan fingerprint density at radius 3 is 2.25 bits per heavy atom. The Labute approximate surface area is 219 Å². The van der Waals surface area contributed by atoms with Crippen molar-refractivity contribution in [1.29, 1.82) is 0 Å². The fourth-order valence-electron chi connectivity index (χ4n) is 4.48. The number of rotatable bonds is 11. The monoisotopic (exact) mass is 533 g/mol. The molecular weight excluding hydrogens is 498 g/mol. The fraction of sp³-hybridized carbons (Fsp3) is 0.481. The third kappa shape index (κ3) is 7.96. The molecule has 1 aliphatic carbocycles. The van der Waals surface area contributed by atoms with E-state index < -0.39 is 16.1 Å². The van der Waals surface area contributed by atoms with Crippen LogP contribution in [0.2, 0.25) is 5.02 Å². The van der Waals surface area contributed by atoms with Crippen molar-refractivity contribution in [2.24, 2.45) is 0 Å². The van der Waals surface area contributed by atoms with E-state index in [0.29, 0.717) is 17.1 Å². The van der Waals surface area contributed by atoms with Crippen molar-refractivity contribution in [3.05, 3.63) is 64.7 Å². The number of benzene rings is 2. The standard InChI is InChI=1S/C27H36ClN3O4S/c1-20-10-16-25(17-11-20)31(36(3,34)35)18-6-9-26(32)30(19-22-12-14-23(28)15-13-22)21(2)27(33)29-24-7-4-5-8-24/h10-17,21,24H,4-9,18-19H2,1-3H3,(H,29,33). The van der Waals surface area contributed by atoms with Crippen molar-refractivity contribution in [2.45, 2.75) is 71.0 Å². The smallest absolute Gasteiger partial charge is 0.242 e. The van der Waals surface area contributed by atoms with Crippen LogP contribution in [0.1, 0.15) is 56.6 Å². The van der Waals surface area contributed by atoms with Gasteiger partial charge in [-0.15, -0.1) is 0 Å². The van der Waals surface area contributed by atoms with Gasteiger partial charge in [0.25, 0.3) is 0 Å². The molecule has 1 aliphatic rings. The number of amides is 2. The highest BCUT2D eigenvalue weighted by molar-refractivity contribution is 7.92. The van der Waals surface area contributed by atoms with E-state index in [1.807, 2.05) is 31.2 Å². The molecule has 0 aliphatic heterocycles. The van der Waals surface area contributed by atoms with Crippen molar-refractivity contribution in [1.82, 2.24) is 10.2 Å². The predicted octanol–water partition coefficient (Wildman–Crippen LogP) is 4.67. The van der Waals surface area contributed by atoms with Crippen LogP contribution in [0, 0.1) is 6.92 Å². The third-order valence-corrected chi connectivity index (χ3v) is 8.06. The molecule has 1 N–H and O–H groups in total. The Morgan fingerprint density at radius 1 is 1.06 bits per heavy atom. The van der Waals surface area contributed by atoms with Crippen LogP contribution in [-0.2, 0) is 26.2 Å². The Hall–Kier alpha value is -2.58. The topological polar surface area (TPSA) is 86.8 Å². The molecule has 2 amide bonds.